The van der Waals surface area contributed by atoms with Crippen molar-refractivity contribution in [1.82, 2.24) is 0 Å². The van der Waals surface area contributed by atoms with Gasteiger partial charge in [0.05, 0.1) is 12.2 Å². The standard InChI is InChI=1S/C16H15ClN2O2/c1-10-16(20)19(14-4-2-3-5-15(14)21-10)9-11-8-12(17)6-7-13(11)18/h2-8,10H,9,18H2,1H3. The van der Waals surface area contributed by atoms with Gasteiger partial charge in [-0.25, -0.2) is 0 Å². The molecule has 1 unspecified atom stereocenters. The fourth-order valence-electron chi connectivity index (χ4n) is 2.40. The molecule has 4 nitrogen and oxygen atoms in total. The molecule has 0 aliphatic carbocycles. The lowest BCUT2D eigenvalue weighted by Gasteiger charge is -2.33. The van der Waals surface area contributed by atoms with E-state index in [1.54, 1.807) is 30.0 Å². The largest absolute Gasteiger partial charge is 0.479 e. The van der Waals surface area contributed by atoms with Crippen LogP contribution in [0.15, 0.2) is 42.5 Å². The van der Waals surface area contributed by atoms with Gasteiger partial charge in [0.15, 0.2) is 6.10 Å². The van der Waals surface area contributed by atoms with Crippen molar-refractivity contribution in [3.05, 3.63) is 53.1 Å². The van der Waals surface area contributed by atoms with Gasteiger partial charge in [0, 0.05) is 10.7 Å². The Kier molecular flexibility index (Phi) is 3.47. The summed E-state index contributed by atoms with van der Waals surface area (Å²) in [5.41, 5.74) is 8.16. The number of anilines is 2. The Hall–Kier alpha value is -2.20. The van der Waals surface area contributed by atoms with Crippen molar-refractivity contribution < 1.29 is 9.53 Å². The lowest BCUT2D eigenvalue weighted by molar-refractivity contribution is -0.125. The zero-order valence-electron chi connectivity index (χ0n) is 11.5. The number of amides is 1. The predicted octanol–water partition coefficient (Wildman–Crippen LogP) is 3.24. The Bertz CT molecular complexity index is 702. The highest BCUT2D eigenvalue weighted by molar-refractivity contribution is 6.30. The van der Waals surface area contributed by atoms with Gasteiger partial charge in [0.25, 0.3) is 5.91 Å². The molecule has 1 aliphatic rings. The van der Waals surface area contributed by atoms with E-state index in [1.807, 2.05) is 24.3 Å². The summed E-state index contributed by atoms with van der Waals surface area (Å²) in [4.78, 5) is 14.1. The van der Waals surface area contributed by atoms with Crippen LogP contribution in [0.3, 0.4) is 0 Å². The lowest BCUT2D eigenvalue weighted by atomic mass is 10.1. The van der Waals surface area contributed by atoms with Crippen LogP contribution in [0, 0.1) is 0 Å². The van der Waals surface area contributed by atoms with Crippen molar-refractivity contribution >= 4 is 28.9 Å². The summed E-state index contributed by atoms with van der Waals surface area (Å²) in [6, 6.07) is 12.7. The molecular weight excluding hydrogens is 288 g/mol. The van der Waals surface area contributed by atoms with Crippen molar-refractivity contribution in [2.45, 2.75) is 19.6 Å². The maximum atomic E-state index is 12.4. The molecule has 0 saturated heterocycles. The van der Waals surface area contributed by atoms with Crippen LogP contribution in [-0.2, 0) is 11.3 Å². The van der Waals surface area contributed by atoms with Gasteiger partial charge in [0.1, 0.15) is 5.75 Å². The Morgan fingerprint density at radius 3 is 2.86 bits per heavy atom. The SMILES string of the molecule is CC1Oc2ccccc2N(Cc2cc(Cl)ccc2N)C1=O. The van der Waals surface area contributed by atoms with Crippen LogP contribution in [0.2, 0.25) is 5.02 Å². The van der Waals surface area contributed by atoms with Gasteiger partial charge in [-0.15, -0.1) is 0 Å². The Morgan fingerprint density at radius 2 is 2.05 bits per heavy atom. The molecule has 0 fully saturated rings. The molecule has 1 amide bonds. The van der Waals surface area contributed by atoms with Crippen LogP contribution in [0.25, 0.3) is 0 Å². The smallest absolute Gasteiger partial charge is 0.268 e. The fraction of sp³-hybridized carbons (Fsp3) is 0.188. The van der Waals surface area contributed by atoms with E-state index in [4.69, 9.17) is 22.1 Å². The van der Waals surface area contributed by atoms with E-state index in [9.17, 15) is 4.79 Å². The van der Waals surface area contributed by atoms with Gasteiger partial charge < -0.3 is 15.4 Å². The third-order valence-electron chi connectivity index (χ3n) is 3.51. The molecule has 0 spiro atoms. The molecule has 2 N–H and O–H groups in total. The van der Waals surface area contributed by atoms with Crippen molar-refractivity contribution in [3.63, 3.8) is 0 Å². The summed E-state index contributed by atoms with van der Waals surface area (Å²) >= 11 is 6.02. The van der Waals surface area contributed by atoms with Crippen LogP contribution < -0.4 is 15.4 Å². The van der Waals surface area contributed by atoms with E-state index in [2.05, 4.69) is 0 Å². The molecule has 1 aliphatic heterocycles. The number of benzene rings is 2. The van der Waals surface area contributed by atoms with Crippen LogP contribution in [0.1, 0.15) is 12.5 Å². The number of carbonyl (C=O) groups excluding carboxylic acids is 1. The van der Waals surface area contributed by atoms with Gasteiger partial charge in [-0.3, -0.25) is 4.79 Å². The number of rotatable bonds is 2. The highest BCUT2D eigenvalue weighted by Gasteiger charge is 2.31. The minimum absolute atomic E-state index is 0.0897. The summed E-state index contributed by atoms with van der Waals surface area (Å²) in [7, 11) is 0. The second kappa shape index (κ2) is 5.30. The molecule has 21 heavy (non-hydrogen) atoms. The molecule has 1 atom stereocenters. The summed E-state index contributed by atoms with van der Waals surface area (Å²) < 4.78 is 5.62. The second-order valence-corrected chi connectivity index (χ2v) is 5.43. The molecule has 0 saturated carbocycles. The molecule has 2 aromatic carbocycles. The first-order valence-corrected chi connectivity index (χ1v) is 7.05. The van der Waals surface area contributed by atoms with E-state index in [0.29, 0.717) is 23.0 Å². The number of nitrogen functional groups attached to an aromatic ring is 1. The summed E-state index contributed by atoms with van der Waals surface area (Å²) in [6.45, 7) is 2.11. The quantitative estimate of drug-likeness (QED) is 0.867. The molecule has 0 radical (unpaired) electrons. The highest BCUT2D eigenvalue weighted by atomic mass is 35.5. The summed E-state index contributed by atoms with van der Waals surface area (Å²) in [5, 5.41) is 0.598. The molecule has 1 heterocycles. The molecular formula is C16H15ClN2O2. The number of carbonyl (C=O) groups is 1. The van der Waals surface area contributed by atoms with Gasteiger partial charge in [-0.1, -0.05) is 23.7 Å². The predicted molar refractivity (Wildman–Crippen MR) is 83.6 cm³/mol. The third kappa shape index (κ3) is 2.54. The van der Waals surface area contributed by atoms with Crippen molar-refractivity contribution in [2.24, 2.45) is 0 Å². The van der Waals surface area contributed by atoms with E-state index in [-0.39, 0.29) is 5.91 Å². The first-order valence-electron chi connectivity index (χ1n) is 6.67. The Labute approximate surface area is 128 Å². The van der Waals surface area contributed by atoms with E-state index >= 15 is 0 Å². The fourth-order valence-corrected chi connectivity index (χ4v) is 2.60. The Balaban J connectivity index is 2.01. The zero-order valence-corrected chi connectivity index (χ0v) is 12.3. The van der Waals surface area contributed by atoms with Gasteiger partial charge in [0.2, 0.25) is 0 Å². The minimum Gasteiger partial charge on any atom is -0.479 e. The normalized spacial score (nSPS) is 17.3. The van der Waals surface area contributed by atoms with E-state index in [1.165, 1.54) is 0 Å². The zero-order chi connectivity index (χ0) is 15.0. The molecule has 0 aromatic heterocycles. The number of fused-ring (bicyclic) bond motifs is 1. The maximum absolute atomic E-state index is 12.4. The topological polar surface area (TPSA) is 55.6 Å². The van der Waals surface area contributed by atoms with Crippen molar-refractivity contribution in [2.75, 3.05) is 10.6 Å². The van der Waals surface area contributed by atoms with Gasteiger partial charge in [-0.2, -0.15) is 0 Å². The van der Waals surface area contributed by atoms with Crippen LogP contribution in [0.4, 0.5) is 11.4 Å². The van der Waals surface area contributed by atoms with Gasteiger partial charge >= 0.3 is 0 Å². The average Bonchev–Trinajstić information content (AvgIpc) is 2.47. The number of halogens is 1. The van der Waals surface area contributed by atoms with Crippen LogP contribution in [0.5, 0.6) is 5.75 Å². The molecule has 2 aromatic rings. The lowest BCUT2D eigenvalue weighted by Crippen LogP contribution is -2.44. The van der Waals surface area contributed by atoms with Gasteiger partial charge in [-0.05, 0) is 42.8 Å². The Morgan fingerprint density at radius 1 is 1.29 bits per heavy atom. The molecule has 0 bridgehead atoms. The molecule has 5 heteroatoms. The number of hydrogen-bond acceptors (Lipinski definition) is 3. The monoisotopic (exact) mass is 302 g/mol. The third-order valence-corrected chi connectivity index (χ3v) is 3.74. The van der Waals surface area contributed by atoms with E-state index < -0.39 is 6.10 Å². The van der Waals surface area contributed by atoms with E-state index in [0.717, 1.165) is 11.3 Å². The van der Waals surface area contributed by atoms with Crippen LogP contribution >= 0.6 is 11.6 Å². The summed E-state index contributed by atoms with van der Waals surface area (Å²) in [5.74, 6) is 0.610. The highest BCUT2D eigenvalue weighted by Crippen LogP contribution is 2.35. The first-order chi connectivity index (χ1) is 10.1. The number of nitrogens with two attached hydrogens (primary N) is 1. The average molecular weight is 303 g/mol. The number of nitrogens with zero attached hydrogens (tertiary/aromatic N) is 1. The summed E-state index contributed by atoms with van der Waals surface area (Å²) in [6.07, 6.45) is -0.514. The van der Waals surface area contributed by atoms with Crippen molar-refractivity contribution in [3.8, 4) is 5.75 Å². The number of para-hydroxylation sites is 2. The first kappa shape index (κ1) is 13.8. The second-order valence-electron chi connectivity index (χ2n) is 5.00. The van der Waals surface area contributed by atoms with Crippen molar-refractivity contribution in [1.29, 1.82) is 0 Å². The maximum Gasteiger partial charge on any atom is 0.268 e. The molecule has 3 rings (SSSR count). The minimum atomic E-state index is -0.514. The number of ether oxygens (including phenoxy) is 1. The number of hydrogen-bond donors (Lipinski definition) is 1. The van der Waals surface area contributed by atoms with Crippen LogP contribution in [-0.4, -0.2) is 12.0 Å². The molecule has 108 valence electrons.